The van der Waals surface area contributed by atoms with Gasteiger partial charge in [0, 0.05) is 19.1 Å². The Hall–Kier alpha value is -0.970. The van der Waals surface area contributed by atoms with Crippen molar-refractivity contribution in [3.63, 3.8) is 0 Å². The molecule has 164 valence electrons. The summed E-state index contributed by atoms with van der Waals surface area (Å²) in [5, 5.41) is 62.2. The van der Waals surface area contributed by atoms with E-state index >= 15 is 0 Å². The van der Waals surface area contributed by atoms with Crippen molar-refractivity contribution in [2.45, 2.75) is 73.6 Å². The van der Waals surface area contributed by atoms with Crippen LogP contribution in [0.5, 0.6) is 0 Å². The van der Waals surface area contributed by atoms with Crippen molar-refractivity contribution >= 4 is 5.91 Å². The Morgan fingerprint density at radius 2 is 1.71 bits per heavy atom. The molecular formula is C15H30N4O9. The summed E-state index contributed by atoms with van der Waals surface area (Å²) in [6.07, 6.45) is -13.0. The van der Waals surface area contributed by atoms with Crippen LogP contribution in [0.3, 0.4) is 0 Å². The van der Waals surface area contributed by atoms with Crippen molar-refractivity contribution in [2.24, 2.45) is 17.2 Å². The van der Waals surface area contributed by atoms with Crippen LogP contribution in [0, 0.1) is 0 Å². The maximum atomic E-state index is 11.8. The smallest absolute Gasteiger partial charge is 0.250 e. The Bertz CT molecular complexity index is 528. The first-order valence-electron chi connectivity index (χ1n) is 8.97. The van der Waals surface area contributed by atoms with Crippen molar-refractivity contribution in [1.82, 2.24) is 5.32 Å². The maximum absolute atomic E-state index is 11.8. The minimum Gasteiger partial charge on any atom is -0.388 e. The molecule has 2 fully saturated rings. The molecule has 0 bridgehead atoms. The first-order chi connectivity index (χ1) is 13.1. The SMILES string of the molecule is NC[C@H](O)C(=O)N[C@H]1C[C@H](N)[C@H](O[C@H]2O[C@H](CN)[C@@H](O)[C@H](O)[C@H]2O)[C@H](O)[C@H]1O. The molecule has 1 saturated carbocycles. The van der Waals surface area contributed by atoms with Crippen LogP contribution >= 0.6 is 0 Å². The molecule has 0 aromatic carbocycles. The summed E-state index contributed by atoms with van der Waals surface area (Å²) >= 11 is 0. The molecule has 2 aliphatic rings. The van der Waals surface area contributed by atoms with Crippen LogP contribution in [0.2, 0.25) is 0 Å². The van der Waals surface area contributed by atoms with Gasteiger partial charge in [0.25, 0.3) is 0 Å². The minimum absolute atomic E-state index is 0.0275. The van der Waals surface area contributed by atoms with E-state index in [2.05, 4.69) is 5.32 Å². The van der Waals surface area contributed by atoms with Gasteiger partial charge in [0.05, 0.1) is 6.04 Å². The van der Waals surface area contributed by atoms with Crippen molar-refractivity contribution in [3.05, 3.63) is 0 Å². The Morgan fingerprint density at radius 1 is 1.07 bits per heavy atom. The van der Waals surface area contributed by atoms with Crippen molar-refractivity contribution in [3.8, 4) is 0 Å². The van der Waals surface area contributed by atoms with Gasteiger partial charge in [0.2, 0.25) is 5.91 Å². The van der Waals surface area contributed by atoms with E-state index in [1.807, 2.05) is 0 Å². The van der Waals surface area contributed by atoms with Gasteiger partial charge in [0.1, 0.15) is 48.8 Å². The highest BCUT2D eigenvalue weighted by atomic mass is 16.7. The lowest BCUT2D eigenvalue weighted by Crippen LogP contribution is -2.67. The van der Waals surface area contributed by atoms with Gasteiger partial charge in [-0.25, -0.2) is 0 Å². The topological polar surface area (TPSA) is 247 Å². The van der Waals surface area contributed by atoms with E-state index in [-0.39, 0.29) is 19.5 Å². The van der Waals surface area contributed by atoms with Gasteiger partial charge in [-0.15, -0.1) is 0 Å². The standard InChI is InChI=1S/C15H30N4O9/c16-2-6(20)14(26)19-5-1-4(18)13(11(24)8(5)21)28-15-12(25)10(23)9(22)7(3-17)27-15/h4-13,15,20-25H,1-3,16-18H2,(H,19,26)/t4-,5-,6-,7+,8-,9+,10-,11+,12+,13-,15+/m0/s1. The fourth-order valence-electron chi connectivity index (χ4n) is 3.34. The molecule has 13 N–H and O–H groups in total. The number of hydrogen-bond acceptors (Lipinski definition) is 12. The van der Waals surface area contributed by atoms with E-state index in [1.54, 1.807) is 0 Å². The third-order valence-electron chi connectivity index (χ3n) is 5.09. The summed E-state index contributed by atoms with van der Waals surface area (Å²) in [5.41, 5.74) is 16.6. The van der Waals surface area contributed by atoms with Crippen molar-refractivity contribution in [1.29, 1.82) is 0 Å². The minimum atomic E-state index is -1.65. The highest BCUT2D eigenvalue weighted by molar-refractivity contribution is 5.81. The molecule has 0 aromatic rings. The van der Waals surface area contributed by atoms with E-state index in [0.29, 0.717) is 0 Å². The summed E-state index contributed by atoms with van der Waals surface area (Å²) < 4.78 is 10.8. The molecule has 0 radical (unpaired) electrons. The Kier molecular flexibility index (Phi) is 8.06. The quantitative estimate of drug-likeness (QED) is 0.196. The zero-order chi connectivity index (χ0) is 21.2. The van der Waals surface area contributed by atoms with Gasteiger partial charge < -0.3 is 62.6 Å². The molecule has 0 unspecified atom stereocenters. The highest BCUT2D eigenvalue weighted by Gasteiger charge is 2.49. The molecule has 1 aliphatic heterocycles. The Labute approximate surface area is 161 Å². The summed E-state index contributed by atoms with van der Waals surface area (Å²) in [6, 6.07) is -1.88. The number of nitrogens with one attached hydrogen (secondary N) is 1. The summed E-state index contributed by atoms with van der Waals surface area (Å²) in [5.74, 6) is -0.820. The van der Waals surface area contributed by atoms with Gasteiger partial charge in [-0.3, -0.25) is 4.79 Å². The lowest BCUT2D eigenvalue weighted by atomic mass is 9.84. The highest BCUT2D eigenvalue weighted by Crippen LogP contribution is 2.28. The lowest BCUT2D eigenvalue weighted by Gasteiger charge is -2.46. The van der Waals surface area contributed by atoms with Crippen molar-refractivity contribution in [2.75, 3.05) is 13.1 Å². The van der Waals surface area contributed by atoms with Gasteiger partial charge in [-0.2, -0.15) is 0 Å². The molecule has 1 heterocycles. The fourth-order valence-corrected chi connectivity index (χ4v) is 3.34. The number of amides is 1. The van der Waals surface area contributed by atoms with E-state index in [0.717, 1.165) is 0 Å². The Balaban J connectivity index is 2.04. The number of carbonyl (C=O) groups is 1. The zero-order valence-corrected chi connectivity index (χ0v) is 15.1. The number of aliphatic hydroxyl groups excluding tert-OH is 6. The average molecular weight is 410 g/mol. The molecule has 13 heteroatoms. The van der Waals surface area contributed by atoms with Gasteiger partial charge in [-0.05, 0) is 6.42 Å². The number of carbonyl (C=O) groups excluding carboxylic acids is 1. The predicted octanol–water partition coefficient (Wildman–Crippen LogP) is -6.60. The first kappa shape index (κ1) is 23.3. The van der Waals surface area contributed by atoms with Gasteiger partial charge >= 0.3 is 0 Å². The van der Waals surface area contributed by atoms with E-state index in [1.165, 1.54) is 0 Å². The van der Waals surface area contributed by atoms with Crippen LogP contribution in [0.4, 0.5) is 0 Å². The Morgan fingerprint density at radius 3 is 2.29 bits per heavy atom. The molecule has 0 aromatic heterocycles. The van der Waals surface area contributed by atoms with Crippen molar-refractivity contribution < 1.29 is 44.9 Å². The average Bonchev–Trinajstić information content (AvgIpc) is 2.68. The van der Waals surface area contributed by atoms with Crippen LogP contribution in [0.1, 0.15) is 6.42 Å². The summed E-state index contributed by atoms with van der Waals surface area (Å²) in [7, 11) is 0. The van der Waals surface area contributed by atoms with Crippen LogP contribution in [-0.4, -0.2) is 117 Å². The summed E-state index contributed by atoms with van der Waals surface area (Å²) in [4.78, 5) is 11.8. The second-order valence-corrected chi connectivity index (χ2v) is 7.10. The maximum Gasteiger partial charge on any atom is 0.250 e. The number of ether oxygens (including phenoxy) is 2. The fraction of sp³-hybridized carbons (Fsp3) is 0.933. The third-order valence-corrected chi connectivity index (χ3v) is 5.09. The third kappa shape index (κ3) is 4.77. The normalized spacial score (nSPS) is 45.5. The van der Waals surface area contributed by atoms with E-state index in [4.69, 9.17) is 26.7 Å². The molecule has 11 atom stereocenters. The molecule has 2 rings (SSSR count). The number of rotatable bonds is 6. The number of nitrogens with two attached hydrogens (primary N) is 3. The molecule has 1 aliphatic carbocycles. The molecular weight excluding hydrogens is 380 g/mol. The molecule has 0 spiro atoms. The monoisotopic (exact) mass is 410 g/mol. The molecule has 13 nitrogen and oxygen atoms in total. The molecule has 28 heavy (non-hydrogen) atoms. The summed E-state index contributed by atoms with van der Waals surface area (Å²) in [6.45, 7) is -0.479. The van der Waals surface area contributed by atoms with Crippen LogP contribution in [0.15, 0.2) is 0 Å². The van der Waals surface area contributed by atoms with Crippen LogP contribution in [-0.2, 0) is 14.3 Å². The van der Waals surface area contributed by atoms with Crippen LogP contribution < -0.4 is 22.5 Å². The molecule has 1 amide bonds. The van der Waals surface area contributed by atoms with Crippen LogP contribution in [0.25, 0.3) is 0 Å². The van der Waals surface area contributed by atoms with Gasteiger partial charge in [-0.1, -0.05) is 0 Å². The second kappa shape index (κ2) is 9.69. The largest absolute Gasteiger partial charge is 0.388 e. The number of aliphatic hydroxyl groups is 6. The zero-order valence-electron chi connectivity index (χ0n) is 15.1. The van der Waals surface area contributed by atoms with Gasteiger partial charge in [0.15, 0.2) is 6.29 Å². The lowest BCUT2D eigenvalue weighted by molar-refractivity contribution is -0.318. The second-order valence-electron chi connectivity index (χ2n) is 7.10. The first-order valence-corrected chi connectivity index (χ1v) is 8.97. The molecule has 1 saturated heterocycles. The van der Waals surface area contributed by atoms with E-state index in [9.17, 15) is 35.4 Å². The predicted molar refractivity (Wildman–Crippen MR) is 92.2 cm³/mol. The van der Waals surface area contributed by atoms with E-state index < -0.39 is 73.1 Å². The number of hydrogen-bond donors (Lipinski definition) is 10.